The fraction of sp³-hybridized carbons (Fsp3) is 0.286. The lowest BCUT2D eigenvalue weighted by Gasteiger charge is -2.12. The van der Waals surface area contributed by atoms with Crippen LogP contribution in [0, 0.1) is 6.92 Å². The van der Waals surface area contributed by atoms with Crippen LogP contribution in [0.5, 0.6) is 0 Å². The van der Waals surface area contributed by atoms with Gasteiger partial charge in [0.05, 0.1) is 17.3 Å². The average Bonchev–Trinajstić information content (AvgIpc) is 2.42. The molecule has 20 heavy (non-hydrogen) atoms. The fourth-order valence-corrected chi connectivity index (χ4v) is 2.09. The summed E-state index contributed by atoms with van der Waals surface area (Å²) in [6, 6.07) is 7.09. The van der Waals surface area contributed by atoms with Crippen LogP contribution in [0.15, 0.2) is 33.9 Å². The zero-order valence-corrected chi connectivity index (χ0v) is 12.4. The number of hydrogen-bond donors (Lipinski definition) is 1. The van der Waals surface area contributed by atoms with Gasteiger partial charge in [-0.15, -0.1) is 0 Å². The van der Waals surface area contributed by atoms with Gasteiger partial charge in [-0.1, -0.05) is 17.7 Å². The average molecular weight is 294 g/mol. The van der Waals surface area contributed by atoms with Gasteiger partial charge in [0.1, 0.15) is 0 Å². The predicted octanol–water partition coefficient (Wildman–Crippen LogP) is 1.66. The summed E-state index contributed by atoms with van der Waals surface area (Å²) in [5, 5.41) is 3.75. The van der Waals surface area contributed by atoms with Crippen LogP contribution >= 0.6 is 11.6 Å². The second kappa shape index (κ2) is 5.54. The van der Waals surface area contributed by atoms with Crippen LogP contribution in [0.1, 0.15) is 11.3 Å². The Morgan fingerprint density at radius 2 is 1.85 bits per heavy atom. The third-order valence-electron chi connectivity index (χ3n) is 3.21. The first-order chi connectivity index (χ1) is 9.40. The van der Waals surface area contributed by atoms with Crippen molar-refractivity contribution >= 4 is 17.3 Å². The molecule has 0 saturated carbocycles. The molecule has 0 unspecified atom stereocenters. The molecule has 0 aliphatic heterocycles. The first-order valence-corrected chi connectivity index (χ1v) is 6.54. The van der Waals surface area contributed by atoms with Crippen molar-refractivity contribution in [3.63, 3.8) is 0 Å². The maximum atomic E-state index is 11.8. The Balaban J connectivity index is 2.30. The van der Waals surface area contributed by atoms with Gasteiger partial charge in [-0.05, 0) is 24.6 Å². The number of anilines is 1. The molecule has 0 radical (unpaired) electrons. The number of aromatic nitrogens is 2. The summed E-state index contributed by atoms with van der Waals surface area (Å²) in [5.74, 6) is 0. The first kappa shape index (κ1) is 14.4. The summed E-state index contributed by atoms with van der Waals surface area (Å²) in [5.41, 5.74) is 1.80. The molecule has 0 aliphatic rings. The molecule has 0 amide bonds. The summed E-state index contributed by atoms with van der Waals surface area (Å²) in [6.45, 7) is 2.32. The predicted molar refractivity (Wildman–Crippen MR) is 80.4 cm³/mol. The number of nitrogens with zero attached hydrogens (tertiary/aromatic N) is 2. The molecule has 5 nitrogen and oxygen atoms in total. The van der Waals surface area contributed by atoms with Crippen LogP contribution < -0.4 is 16.6 Å². The van der Waals surface area contributed by atoms with E-state index in [9.17, 15) is 9.59 Å². The van der Waals surface area contributed by atoms with Crippen molar-refractivity contribution in [3.8, 4) is 0 Å². The Morgan fingerprint density at radius 1 is 1.15 bits per heavy atom. The van der Waals surface area contributed by atoms with Crippen LogP contribution in [0.2, 0.25) is 5.02 Å². The van der Waals surface area contributed by atoms with Crippen LogP contribution in [-0.4, -0.2) is 9.13 Å². The number of benzene rings is 1. The Hall–Kier alpha value is -2.01. The van der Waals surface area contributed by atoms with Crippen LogP contribution in [0.3, 0.4) is 0 Å². The molecule has 0 spiro atoms. The van der Waals surface area contributed by atoms with Gasteiger partial charge in [0.15, 0.2) is 0 Å². The van der Waals surface area contributed by atoms with Crippen molar-refractivity contribution in [3.05, 3.63) is 61.4 Å². The lowest BCUT2D eigenvalue weighted by atomic mass is 10.2. The van der Waals surface area contributed by atoms with Crippen LogP contribution in [0.25, 0.3) is 0 Å². The zero-order valence-electron chi connectivity index (χ0n) is 11.6. The van der Waals surface area contributed by atoms with E-state index in [1.807, 2.05) is 25.1 Å². The van der Waals surface area contributed by atoms with Gasteiger partial charge in [0, 0.05) is 25.9 Å². The van der Waals surface area contributed by atoms with Crippen molar-refractivity contribution in [2.75, 3.05) is 5.32 Å². The molecule has 0 fully saturated rings. The van der Waals surface area contributed by atoms with Gasteiger partial charge in [0.25, 0.3) is 5.56 Å². The van der Waals surface area contributed by atoms with Crippen molar-refractivity contribution in [1.82, 2.24) is 9.13 Å². The highest BCUT2D eigenvalue weighted by Gasteiger charge is 2.06. The van der Waals surface area contributed by atoms with Gasteiger partial charge >= 0.3 is 5.69 Å². The maximum absolute atomic E-state index is 11.8. The fourth-order valence-electron chi connectivity index (χ4n) is 1.91. The third kappa shape index (κ3) is 2.77. The number of aryl methyl sites for hydroxylation is 1. The molecular formula is C14H16ClN3O2. The normalized spacial score (nSPS) is 10.6. The molecule has 0 atom stereocenters. The maximum Gasteiger partial charge on any atom is 0.330 e. The second-order valence-electron chi connectivity index (χ2n) is 4.71. The minimum atomic E-state index is -0.343. The van der Waals surface area contributed by atoms with E-state index in [1.54, 1.807) is 7.05 Å². The molecule has 0 saturated heterocycles. The van der Waals surface area contributed by atoms with E-state index >= 15 is 0 Å². The Labute approximate surface area is 121 Å². The second-order valence-corrected chi connectivity index (χ2v) is 5.12. The van der Waals surface area contributed by atoms with E-state index in [4.69, 9.17) is 11.6 Å². The standard InChI is InChI=1S/C14H16ClN3O2/c1-9-4-5-11(15)12(6-9)16-8-10-7-13(19)18(3)14(20)17(10)2/h4-7,16H,8H2,1-3H3. The van der Waals surface area contributed by atoms with Crippen LogP contribution in [0.4, 0.5) is 5.69 Å². The lowest BCUT2D eigenvalue weighted by molar-refractivity contribution is 0.655. The minimum absolute atomic E-state index is 0.319. The molecule has 106 valence electrons. The summed E-state index contributed by atoms with van der Waals surface area (Å²) < 4.78 is 2.52. The van der Waals surface area contributed by atoms with E-state index in [0.717, 1.165) is 15.8 Å². The summed E-state index contributed by atoms with van der Waals surface area (Å²) in [6.07, 6.45) is 0. The Kier molecular flexibility index (Phi) is 3.99. The van der Waals surface area contributed by atoms with Crippen LogP contribution in [-0.2, 0) is 20.6 Å². The molecule has 6 heteroatoms. The topological polar surface area (TPSA) is 56.0 Å². The smallest absolute Gasteiger partial charge is 0.330 e. The number of rotatable bonds is 3. The van der Waals surface area contributed by atoms with E-state index in [1.165, 1.54) is 17.7 Å². The lowest BCUT2D eigenvalue weighted by Crippen LogP contribution is -2.38. The number of nitrogens with one attached hydrogen (secondary N) is 1. The third-order valence-corrected chi connectivity index (χ3v) is 3.54. The monoisotopic (exact) mass is 293 g/mol. The summed E-state index contributed by atoms with van der Waals surface area (Å²) >= 11 is 6.09. The van der Waals surface area contributed by atoms with E-state index in [0.29, 0.717) is 17.3 Å². The Bertz CT molecular complexity index is 762. The highest BCUT2D eigenvalue weighted by atomic mass is 35.5. The summed E-state index contributed by atoms with van der Waals surface area (Å²) in [4.78, 5) is 23.5. The molecule has 0 bridgehead atoms. The van der Waals surface area contributed by atoms with Gasteiger partial charge in [-0.3, -0.25) is 13.9 Å². The molecule has 1 heterocycles. The van der Waals surface area contributed by atoms with Crippen molar-refractivity contribution in [2.45, 2.75) is 13.5 Å². The first-order valence-electron chi connectivity index (χ1n) is 6.16. The van der Waals surface area contributed by atoms with E-state index in [-0.39, 0.29) is 11.2 Å². The van der Waals surface area contributed by atoms with Crippen molar-refractivity contribution in [2.24, 2.45) is 14.1 Å². The highest BCUT2D eigenvalue weighted by Crippen LogP contribution is 2.22. The largest absolute Gasteiger partial charge is 0.378 e. The molecule has 0 aliphatic carbocycles. The number of hydrogen-bond acceptors (Lipinski definition) is 3. The molecule has 1 aromatic heterocycles. The van der Waals surface area contributed by atoms with Gasteiger partial charge < -0.3 is 5.32 Å². The van der Waals surface area contributed by atoms with E-state index in [2.05, 4.69) is 5.32 Å². The molecule has 2 rings (SSSR count). The highest BCUT2D eigenvalue weighted by molar-refractivity contribution is 6.33. The Morgan fingerprint density at radius 3 is 2.55 bits per heavy atom. The minimum Gasteiger partial charge on any atom is -0.378 e. The molecule has 2 aromatic rings. The van der Waals surface area contributed by atoms with Gasteiger partial charge in [-0.25, -0.2) is 4.79 Å². The SMILES string of the molecule is Cc1ccc(Cl)c(NCc2cc(=O)n(C)c(=O)n2C)c1. The molecular weight excluding hydrogens is 278 g/mol. The van der Waals surface area contributed by atoms with Gasteiger partial charge in [-0.2, -0.15) is 0 Å². The van der Waals surface area contributed by atoms with Crippen molar-refractivity contribution in [1.29, 1.82) is 0 Å². The van der Waals surface area contributed by atoms with Crippen molar-refractivity contribution < 1.29 is 0 Å². The van der Waals surface area contributed by atoms with E-state index < -0.39 is 0 Å². The summed E-state index contributed by atoms with van der Waals surface area (Å²) in [7, 11) is 3.09. The molecule has 1 N–H and O–H groups in total. The molecule has 1 aromatic carbocycles. The van der Waals surface area contributed by atoms with Gasteiger partial charge in [0.2, 0.25) is 0 Å². The zero-order chi connectivity index (χ0) is 14.9. The quantitative estimate of drug-likeness (QED) is 0.936. The number of halogens is 1.